The summed E-state index contributed by atoms with van der Waals surface area (Å²) < 4.78 is 2.24. The largest absolute Gasteiger partial charge is 0.317 e. The number of thiophene rings is 2. The lowest BCUT2D eigenvalue weighted by atomic mass is 10.0. The zero-order valence-corrected chi connectivity index (χ0v) is 32.6. The number of carbonyl (C=O) groups excluding carboxylic acids is 3. The summed E-state index contributed by atoms with van der Waals surface area (Å²) in [6.45, 7) is 14.4. The van der Waals surface area contributed by atoms with Crippen molar-refractivity contribution in [3.63, 3.8) is 0 Å². The number of carbonyl (C=O) groups is 3. The standard InChI is InChI=1S/C18H20N4OS2.C15H14N4OS2.C3H6O/c1-10(2)22-7-5-12-15(9-22)25-17(20-11(3)23)16(12)18-21-13-8-19-6-4-14(13)24-18;1-8(20)18-14-13(9-2-4-17-7-12(9)22-14)15-19-10-6-16-5-3-11(10)21-15;1-3(2)4/h4,6,8,10H,5,7,9H2,1-3H3,(H,20,23);3,5-6,17H,2,4,7H2,1H3,(H,18,20);1-2H3. The van der Waals surface area contributed by atoms with E-state index in [4.69, 9.17) is 9.97 Å². The first-order valence-electron chi connectivity index (χ1n) is 16.7. The zero-order chi connectivity index (χ0) is 36.2. The molecule has 8 heterocycles. The summed E-state index contributed by atoms with van der Waals surface area (Å²) in [5, 5.41) is 13.2. The Morgan fingerprint density at radius 2 is 1.27 bits per heavy atom. The number of aromatic nitrogens is 4. The van der Waals surface area contributed by atoms with E-state index in [1.165, 1.54) is 34.7 Å². The third kappa shape index (κ3) is 8.56. The highest BCUT2D eigenvalue weighted by Crippen LogP contribution is 2.46. The summed E-state index contributed by atoms with van der Waals surface area (Å²) in [5.74, 6) is 0.0823. The van der Waals surface area contributed by atoms with E-state index in [2.05, 4.69) is 44.7 Å². The lowest BCUT2D eigenvalue weighted by Crippen LogP contribution is -2.35. The first-order valence-corrected chi connectivity index (χ1v) is 19.9. The molecular formula is C36H40N8O3S4. The van der Waals surface area contributed by atoms with E-state index < -0.39 is 0 Å². The van der Waals surface area contributed by atoms with E-state index in [1.54, 1.807) is 84.0 Å². The lowest BCUT2D eigenvalue weighted by molar-refractivity contribution is -0.115. The van der Waals surface area contributed by atoms with Gasteiger partial charge in [-0.25, -0.2) is 9.97 Å². The van der Waals surface area contributed by atoms with Gasteiger partial charge in [-0.05, 0) is 70.3 Å². The Morgan fingerprint density at radius 3 is 1.76 bits per heavy atom. The number of nitrogens with zero attached hydrogens (tertiary/aromatic N) is 5. The molecular weight excluding hydrogens is 721 g/mol. The van der Waals surface area contributed by atoms with Crippen molar-refractivity contribution in [2.75, 3.05) is 23.7 Å². The van der Waals surface area contributed by atoms with Crippen molar-refractivity contribution >= 4 is 93.4 Å². The van der Waals surface area contributed by atoms with Gasteiger partial charge in [0.25, 0.3) is 0 Å². The van der Waals surface area contributed by atoms with Crippen LogP contribution in [0.5, 0.6) is 0 Å². The van der Waals surface area contributed by atoms with Gasteiger partial charge in [0.1, 0.15) is 36.8 Å². The van der Waals surface area contributed by atoms with E-state index in [-0.39, 0.29) is 17.6 Å². The van der Waals surface area contributed by atoms with Crippen molar-refractivity contribution < 1.29 is 14.4 Å². The third-order valence-electron chi connectivity index (χ3n) is 8.13. The van der Waals surface area contributed by atoms with Crippen molar-refractivity contribution in [3.05, 3.63) is 57.8 Å². The number of ketones is 1. The van der Waals surface area contributed by atoms with E-state index >= 15 is 0 Å². The molecule has 15 heteroatoms. The molecule has 0 atom stereocenters. The van der Waals surface area contributed by atoms with Gasteiger partial charge in [0.05, 0.1) is 21.8 Å². The number of fused-ring (bicyclic) bond motifs is 4. The van der Waals surface area contributed by atoms with Crippen LogP contribution >= 0.6 is 45.3 Å². The van der Waals surface area contributed by atoms with Crippen LogP contribution in [0.25, 0.3) is 41.6 Å². The van der Waals surface area contributed by atoms with Gasteiger partial charge in [-0.1, -0.05) is 0 Å². The summed E-state index contributed by atoms with van der Waals surface area (Å²) in [4.78, 5) is 55.6. The number of hydrogen-bond acceptors (Lipinski definition) is 13. The molecule has 0 saturated carbocycles. The minimum atomic E-state index is -0.0458. The van der Waals surface area contributed by atoms with Crippen LogP contribution in [0.1, 0.15) is 62.4 Å². The fourth-order valence-corrected chi connectivity index (χ4v) is 10.7. The van der Waals surface area contributed by atoms with E-state index in [9.17, 15) is 14.4 Å². The maximum absolute atomic E-state index is 11.7. The van der Waals surface area contributed by atoms with Gasteiger partial charge in [0.2, 0.25) is 11.8 Å². The molecule has 0 unspecified atom stereocenters. The van der Waals surface area contributed by atoms with E-state index in [0.29, 0.717) is 6.04 Å². The maximum Gasteiger partial charge on any atom is 0.221 e. The Hall–Kier alpha value is -3.99. The Labute approximate surface area is 312 Å². The minimum absolute atomic E-state index is 0.0386. The van der Waals surface area contributed by atoms with Crippen LogP contribution < -0.4 is 16.0 Å². The smallest absolute Gasteiger partial charge is 0.221 e. The molecule has 0 radical (unpaired) electrons. The van der Waals surface area contributed by atoms with Gasteiger partial charge < -0.3 is 20.7 Å². The van der Waals surface area contributed by atoms with E-state index in [0.717, 1.165) is 90.6 Å². The van der Waals surface area contributed by atoms with Gasteiger partial charge >= 0.3 is 0 Å². The molecule has 11 nitrogen and oxygen atoms in total. The maximum atomic E-state index is 11.7. The molecule has 0 bridgehead atoms. The molecule has 51 heavy (non-hydrogen) atoms. The number of thiazole rings is 2. The predicted molar refractivity (Wildman–Crippen MR) is 211 cm³/mol. The Morgan fingerprint density at radius 1 is 0.765 bits per heavy atom. The summed E-state index contributed by atoms with van der Waals surface area (Å²) in [7, 11) is 0. The molecule has 266 valence electrons. The molecule has 0 saturated heterocycles. The molecule has 0 aliphatic carbocycles. The number of amides is 2. The van der Waals surface area contributed by atoms with Gasteiger partial charge in [-0.3, -0.25) is 24.5 Å². The average molecular weight is 761 g/mol. The van der Waals surface area contributed by atoms with Crippen molar-refractivity contribution in [3.8, 4) is 21.1 Å². The number of Topliss-reactive ketones (excluding diaryl/α,β-unsaturated/α-hetero) is 1. The van der Waals surface area contributed by atoms with Crippen molar-refractivity contribution in [1.29, 1.82) is 0 Å². The average Bonchev–Trinajstić information content (AvgIpc) is 3.85. The fourth-order valence-electron chi connectivity index (χ4n) is 5.92. The number of rotatable bonds is 5. The van der Waals surface area contributed by atoms with Gasteiger partial charge in [-0.15, -0.1) is 45.3 Å². The monoisotopic (exact) mass is 760 g/mol. The highest BCUT2D eigenvalue weighted by molar-refractivity contribution is 7.23. The molecule has 2 aliphatic heterocycles. The van der Waals surface area contributed by atoms with Crippen LogP contribution in [0.4, 0.5) is 10.0 Å². The number of anilines is 2. The molecule has 3 N–H and O–H groups in total. The Bertz CT molecular complexity index is 2150. The highest BCUT2D eigenvalue weighted by Gasteiger charge is 2.28. The van der Waals surface area contributed by atoms with Gasteiger partial charge in [-0.2, -0.15) is 0 Å². The zero-order valence-electron chi connectivity index (χ0n) is 29.4. The summed E-state index contributed by atoms with van der Waals surface area (Å²) in [6, 6.07) is 4.50. The number of pyridine rings is 2. The minimum Gasteiger partial charge on any atom is -0.317 e. The third-order valence-corrected chi connectivity index (χ3v) is 12.5. The number of nitrogens with one attached hydrogen (secondary N) is 3. The van der Waals surface area contributed by atoms with Crippen LogP contribution in [0.15, 0.2) is 36.9 Å². The second kappa shape index (κ2) is 16.1. The van der Waals surface area contributed by atoms with Crippen molar-refractivity contribution in [1.82, 2.24) is 30.2 Å². The van der Waals surface area contributed by atoms with Crippen LogP contribution in [0.2, 0.25) is 0 Å². The summed E-state index contributed by atoms with van der Waals surface area (Å²) in [5.41, 5.74) is 6.69. The second-order valence-corrected chi connectivity index (χ2v) is 16.9. The molecule has 6 aromatic rings. The summed E-state index contributed by atoms with van der Waals surface area (Å²) in [6.07, 6.45) is 9.12. The van der Waals surface area contributed by atoms with Crippen LogP contribution in [0.3, 0.4) is 0 Å². The van der Waals surface area contributed by atoms with Gasteiger partial charge in [0, 0.05) is 72.8 Å². The van der Waals surface area contributed by atoms with Gasteiger partial charge in [0.15, 0.2) is 0 Å². The molecule has 6 aromatic heterocycles. The molecule has 0 aromatic carbocycles. The normalized spacial score (nSPS) is 13.9. The Kier molecular flexibility index (Phi) is 11.6. The molecule has 2 aliphatic rings. The fraction of sp³-hybridized carbons (Fsp3) is 0.361. The topological polar surface area (TPSA) is 142 Å². The molecule has 8 rings (SSSR count). The van der Waals surface area contributed by atoms with Crippen molar-refractivity contribution in [2.24, 2.45) is 0 Å². The SMILES string of the molecule is CC(=O)Nc1sc2c(c1-c1nc3cnccc3s1)CCN(C(C)C)C2.CC(=O)Nc1sc2c(c1-c1nc3cnccc3s1)CCNC2.CC(C)=O. The first-order chi connectivity index (χ1) is 24.5. The lowest BCUT2D eigenvalue weighted by Gasteiger charge is -2.30. The molecule has 0 spiro atoms. The summed E-state index contributed by atoms with van der Waals surface area (Å²) >= 11 is 6.66. The predicted octanol–water partition coefficient (Wildman–Crippen LogP) is 7.76. The Balaban J connectivity index is 0.000000160. The van der Waals surface area contributed by atoms with Crippen molar-refractivity contribution in [2.45, 2.75) is 73.5 Å². The van der Waals surface area contributed by atoms with Crippen LogP contribution in [-0.4, -0.2) is 61.6 Å². The molecule has 2 amide bonds. The van der Waals surface area contributed by atoms with Crippen LogP contribution in [0, 0.1) is 0 Å². The number of hydrogen-bond donors (Lipinski definition) is 3. The van der Waals surface area contributed by atoms with E-state index in [1.807, 2.05) is 12.1 Å². The second-order valence-electron chi connectivity index (χ2n) is 12.7. The first kappa shape index (κ1) is 36.8. The highest BCUT2D eigenvalue weighted by atomic mass is 32.1. The quantitative estimate of drug-likeness (QED) is 0.161. The molecule has 0 fully saturated rings. The van der Waals surface area contributed by atoms with Crippen LogP contribution in [-0.2, 0) is 40.3 Å².